The normalized spacial score (nSPS) is 10.9. The molecule has 1 heterocycles. The Labute approximate surface area is 183 Å². The number of hydrazine groups is 2. The third-order valence-electron chi connectivity index (χ3n) is 3.64. The van der Waals surface area contributed by atoms with Crippen LogP contribution in [0.2, 0.25) is 0 Å². The lowest BCUT2D eigenvalue weighted by atomic mass is 10.2. The zero-order valence-electron chi connectivity index (χ0n) is 15.9. The number of carboxylic acids is 1. The molecule has 0 atom stereocenters. The molecule has 0 bridgehead atoms. The maximum atomic E-state index is 12.3. The van der Waals surface area contributed by atoms with Crippen LogP contribution in [-0.4, -0.2) is 65.2 Å². The molecule has 1 aromatic carbocycles. The number of hydrogen-bond acceptors (Lipinski definition) is 7. The number of thiocarbonyl (C=S) groups is 2. The fraction of sp³-hybridized carbons (Fsp3) is 0.176. The van der Waals surface area contributed by atoms with Gasteiger partial charge < -0.3 is 9.52 Å². The number of nitrogens with zero attached hydrogens (tertiary/aromatic N) is 2. The number of hydrogen-bond donors (Lipinski definition) is 3. The fourth-order valence-electron chi connectivity index (χ4n) is 2.31. The molecule has 1 aromatic heterocycles. The van der Waals surface area contributed by atoms with Crippen molar-refractivity contribution in [3.63, 3.8) is 0 Å². The third kappa shape index (κ3) is 6.06. The monoisotopic (exact) mass is 470 g/mol. The van der Waals surface area contributed by atoms with Gasteiger partial charge in [0, 0.05) is 19.7 Å². The second-order valence-corrected chi connectivity index (χ2v) is 8.46. The van der Waals surface area contributed by atoms with E-state index in [9.17, 15) is 18.0 Å². The number of furan rings is 1. The lowest BCUT2D eigenvalue weighted by Crippen LogP contribution is -2.49. The molecule has 3 N–H and O–H groups in total. The Kier molecular flexibility index (Phi) is 7.61. The minimum atomic E-state index is -4.16. The Balaban J connectivity index is 1.97. The molecule has 0 aliphatic rings. The summed E-state index contributed by atoms with van der Waals surface area (Å²) in [6, 6.07) is 8.87. The van der Waals surface area contributed by atoms with E-state index < -0.39 is 27.7 Å². The van der Waals surface area contributed by atoms with E-state index in [0.717, 1.165) is 17.5 Å². The molecule has 30 heavy (non-hydrogen) atoms. The number of carbonyl (C=O) groups excluding carboxylic acids is 1. The number of nitrogens with one attached hydrogen (secondary N) is 2. The maximum absolute atomic E-state index is 12.3. The van der Waals surface area contributed by atoms with Crippen molar-refractivity contribution in [2.45, 2.75) is 0 Å². The molecule has 0 saturated carbocycles. The van der Waals surface area contributed by atoms with Crippen LogP contribution in [-0.2, 0) is 14.8 Å². The summed E-state index contributed by atoms with van der Waals surface area (Å²) in [5, 5.41) is 11.3. The Morgan fingerprint density at radius 3 is 2.23 bits per heavy atom. The van der Waals surface area contributed by atoms with Crippen LogP contribution in [0.25, 0.3) is 0 Å². The summed E-state index contributed by atoms with van der Waals surface area (Å²) >= 11 is 10.3. The quantitative estimate of drug-likeness (QED) is 0.393. The molecule has 0 saturated heterocycles. The van der Waals surface area contributed by atoms with Crippen LogP contribution in [0.4, 0.5) is 0 Å². The summed E-state index contributed by atoms with van der Waals surface area (Å²) in [6.07, 6.45) is 2.06. The van der Waals surface area contributed by atoms with Crippen LogP contribution in [0.1, 0.15) is 21.5 Å². The van der Waals surface area contributed by atoms with Gasteiger partial charge in [0.05, 0.1) is 5.56 Å². The van der Waals surface area contributed by atoms with E-state index in [1.54, 1.807) is 24.3 Å². The second kappa shape index (κ2) is 9.75. The van der Waals surface area contributed by atoms with Crippen LogP contribution in [0.5, 0.6) is 0 Å². The van der Waals surface area contributed by atoms with Crippen molar-refractivity contribution in [3.8, 4) is 0 Å². The van der Waals surface area contributed by atoms with E-state index in [1.807, 2.05) is 6.07 Å². The van der Waals surface area contributed by atoms with Crippen LogP contribution in [0, 0.1) is 0 Å². The molecule has 160 valence electrons. The average molecular weight is 471 g/mol. The molecule has 0 aliphatic heterocycles. The predicted molar refractivity (Wildman–Crippen MR) is 116 cm³/mol. The van der Waals surface area contributed by atoms with Crippen molar-refractivity contribution < 1.29 is 27.5 Å². The van der Waals surface area contributed by atoms with E-state index in [2.05, 4.69) is 10.3 Å². The molecule has 0 aliphatic carbocycles. The molecule has 1 amide bonds. The van der Waals surface area contributed by atoms with Crippen LogP contribution < -0.4 is 10.3 Å². The first-order valence-corrected chi connectivity index (χ1v) is 10.7. The van der Waals surface area contributed by atoms with Gasteiger partial charge in [-0.15, -0.1) is 4.83 Å². The molecule has 10 nitrogen and oxygen atoms in total. The first kappa shape index (κ1) is 23.4. The van der Waals surface area contributed by atoms with Gasteiger partial charge in [-0.2, -0.15) is 0 Å². The molecule has 2 aromatic rings. The highest BCUT2D eigenvalue weighted by molar-refractivity contribution is 7.90. The first-order valence-electron chi connectivity index (χ1n) is 8.22. The molecule has 0 fully saturated rings. The van der Waals surface area contributed by atoms with Crippen LogP contribution >= 0.6 is 24.4 Å². The summed E-state index contributed by atoms with van der Waals surface area (Å²) < 4.78 is 29.4. The molecule has 2 rings (SSSR count). The van der Waals surface area contributed by atoms with Crippen LogP contribution in [0.3, 0.4) is 0 Å². The number of benzene rings is 1. The summed E-state index contributed by atoms with van der Waals surface area (Å²) in [4.78, 5) is 25.6. The van der Waals surface area contributed by atoms with Gasteiger partial charge in [-0.05, 0) is 0 Å². The standard InChI is InChI=1S/C17H18N4O6S3/c1-20(15(28)11-6-4-3-5-7-11)18-14(22)10-30(25,26)19-21(2)16(29)12-8-27-9-13(12)17(23)24/h3-9,19H,10H2,1-2H3,(H,18,22)(H,23,24). The number of amides is 1. The van der Waals surface area contributed by atoms with E-state index in [1.165, 1.54) is 19.1 Å². The SMILES string of the molecule is CN(NC(=O)CS(=O)(=O)NN(C)C(=S)c1cocc1C(=O)O)C(=S)c1ccccc1. The zero-order valence-corrected chi connectivity index (χ0v) is 18.3. The third-order valence-corrected chi connectivity index (χ3v) is 5.84. The van der Waals surface area contributed by atoms with E-state index >= 15 is 0 Å². The van der Waals surface area contributed by atoms with E-state index in [-0.39, 0.29) is 16.1 Å². The number of sulfonamides is 1. The van der Waals surface area contributed by atoms with E-state index in [0.29, 0.717) is 10.6 Å². The molecular formula is C17H18N4O6S3. The van der Waals surface area contributed by atoms with Gasteiger partial charge >= 0.3 is 5.97 Å². The summed E-state index contributed by atoms with van der Waals surface area (Å²) in [7, 11) is -1.40. The second-order valence-electron chi connectivity index (χ2n) is 5.98. The van der Waals surface area contributed by atoms with Gasteiger partial charge in [0.2, 0.25) is 10.0 Å². The van der Waals surface area contributed by atoms with Crippen molar-refractivity contribution >= 4 is 56.3 Å². The van der Waals surface area contributed by atoms with E-state index in [4.69, 9.17) is 34.0 Å². The van der Waals surface area contributed by atoms with Gasteiger partial charge in [0.15, 0.2) is 0 Å². The van der Waals surface area contributed by atoms with Crippen molar-refractivity contribution in [2.24, 2.45) is 0 Å². The largest absolute Gasteiger partial charge is 0.478 e. The van der Waals surface area contributed by atoms with Gasteiger partial charge in [-0.25, -0.2) is 13.2 Å². The van der Waals surface area contributed by atoms with Gasteiger partial charge in [-0.1, -0.05) is 54.8 Å². The highest BCUT2D eigenvalue weighted by atomic mass is 32.2. The highest BCUT2D eigenvalue weighted by Gasteiger charge is 2.24. The summed E-state index contributed by atoms with van der Waals surface area (Å²) in [5.41, 5.74) is 2.85. The zero-order chi connectivity index (χ0) is 22.5. The first-order chi connectivity index (χ1) is 14.0. The predicted octanol–water partition coefficient (Wildman–Crippen LogP) is 0.758. The lowest BCUT2D eigenvalue weighted by Gasteiger charge is -2.23. The van der Waals surface area contributed by atoms with Crippen molar-refractivity contribution in [1.29, 1.82) is 0 Å². The minimum Gasteiger partial charge on any atom is -0.478 e. The topological polar surface area (TPSA) is 132 Å². The van der Waals surface area contributed by atoms with Crippen molar-refractivity contribution in [3.05, 3.63) is 59.5 Å². The number of aromatic carboxylic acids is 1. The van der Waals surface area contributed by atoms with Crippen molar-refractivity contribution in [1.82, 2.24) is 20.3 Å². The van der Waals surface area contributed by atoms with Crippen molar-refractivity contribution in [2.75, 3.05) is 19.8 Å². The summed E-state index contributed by atoms with van der Waals surface area (Å²) in [6.45, 7) is 0. The lowest BCUT2D eigenvalue weighted by molar-refractivity contribution is -0.121. The molecule has 0 radical (unpaired) electrons. The Bertz CT molecular complexity index is 1070. The fourth-order valence-corrected chi connectivity index (χ4v) is 3.73. The Hall–Kier alpha value is -2.87. The Morgan fingerprint density at radius 1 is 1.03 bits per heavy atom. The smallest absolute Gasteiger partial charge is 0.339 e. The molecule has 0 unspecified atom stereocenters. The van der Waals surface area contributed by atoms with Crippen LogP contribution in [0.15, 0.2) is 47.3 Å². The van der Waals surface area contributed by atoms with Gasteiger partial charge in [0.25, 0.3) is 5.91 Å². The molecular weight excluding hydrogens is 452 g/mol. The average Bonchev–Trinajstić information content (AvgIpc) is 3.16. The van der Waals surface area contributed by atoms with Gasteiger partial charge in [0.1, 0.15) is 33.8 Å². The summed E-state index contributed by atoms with van der Waals surface area (Å²) in [5.74, 6) is -3.04. The number of carbonyl (C=O) groups is 2. The minimum absolute atomic E-state index is 0.0140. The highest BCUT2D eigenvalue weighted by Crippen LogP contribution is 2.13. The van der Waals surface area contributed by atoms with Gasteiger partial charge in [-0.3, -0.25) is 20.2 Å². The maximum Gasteiger partial charge on any atom is 0.339 e. The number of carboxylic acid groups (broad SMARTS) is 1. The number of rotatable bonds is 7. The molecule has 13 heteroatoms. The Morgan fingerprint density at radius 2 is 1.63 bits per heavy atom. The molecule has 0 spiro atoms.